The molecular formula is C12H12ClNO. The summed E-state index contributed by atoms with van der Waals surface area (Å²) in [6.45, 7) is 1.96. The summed E-state index contributed by atoms with van der Waals surface area (Å²) in [4.78, 5) is 14.4. The van der Waals surface area contributed by atoms with Crippen LogP contribution in [0.3, 0.4) is 0 Å². The molecule has 2 nitrogen and oxygen atoms in total. The molecule has 1 aromatic carbocycles. The molecule has 0 N–H and O–H groups in total. The van der Waals surface area contributed by atoms with E-state index in [0.717, 1.165) is 35.4 Å². The minimum atomic E-state index is -0.308. The van der Waals surface area contributed by atoms with Crippen LogP contribution >= 0.6 is 11.6 Å². The number of hydrogen-bond acceptors (Lipinski definition) is 2. The SMILES string of the molecule is Cc1cc(C2(N=C=O)CCC2)ccc1Cl. The molecule has 0 aromatic heterocycles. The molecule has 15 heavy (non-hydrogen) atoms. The van der Waals surface area contributed by atoms with E-state index in [9.17, 15) is 4.79 Å². The second-order valence-electron chi connectivity index (χ2n) is 4.05. The Morgan fingerprint density at radius 1 is 1.47 bits per heavy atom. The van der Waals surface area contributed by atoms with Gasteiger partial charge >= 0.3 is 0 Å². The highest BCUT2D eigenvalue weighted by Gasteiger charge is 2.38. The van der Waals surface area contributed by atoms with E-state index in [1.165, 1.54) is 0 Å². The summed E-state index contributed by atoms with van der Waals surface area (Å²) < 4.78 is 0. The van der Waals surface area contributed by atoms with Crippen LogP contribution in [-0.2, 0) is 10.3 Å². The number of aliphatic imine (C=N–C) groups is 1. The summed E-state index contributed by atoms with van der Waals surface area (Å²) in [5.41, 5.74) is 1.80. The average molecular weight is 222 g/mol. The number of nitrogens with zero attached hydrogens (tertiary/aromatic N) is 1. The molecule has 1 aromatic rings. The van der Waals surface area contributed by atoms with E-state index in [1.807, 2.05) is 25.1 Å². The summed E-state index contributed by atoms with van der Waals surface area (Å²) in [5, 5.41) is 0.753. The zero-order valence-electron chi connectivity index (χ0n) is 8.59. The van der Waals surface area contributed by atoms with E-state index in [0.29, 0.717) is 0 Å². The van der Waals surface area contributed by atoms with Gasteiger partial charge in [0.1, 0.15) is 0 Å². The molecule has 2 rings (SSSR count). The smallest absolute Gasteiger partial charge is 0.211 e. The molecule has 0 aliphatic heterocycles. The molecule has 0 bridgehead atoms. The number of hydrogen-bond donors (Lipinski definition) is 0. The number of isocyanates is 1. The highest BCUT2D eigenvalue weighted by molar-refractivity contribution is 6.31. The quantitative estimate of drug-likeness (QED) is 0.556. The van der Waals surface area contributed by atoms with Gasteiger partial charge in [-0.2, -0.15) is 4.99 Å². The van der Waals surface area contributed by atoms with Gasteiger partial charge in [0.05, 0.1) is 5.54 Å². The predicted molar refractivity (Wildman–Crippen MR) is 59.8 cm³/mol. The van der Waals surface area contributed by atoms with E-state index in [1.54, 1.807) is 6.08 Å². The zero-order chi connectivity index (χ0) is 10.9. The van der Waals surface area contributed by atoms with Crippen molar-refractivity contribution in [2.24, 2.45) is 4.99 Å². The molecule has 0 radical (unpaired) electrons. The molecular weight excluding hydrogens is 210 g/mol. The Balaban J connectivity index is 2.43. The third kappa shape index (κ3) is 1.71. The van der Waals surface area contributed by atoms with E-state index < -0.39 is 0 Å². The van der Waals surface area contributed by atoms with Crippen LogP contribution in [0.1, 0.15) is 30.4 Å². The van der Waals surface area contributed by atoms with Gasteiger partial charge in [-0.1, -0.05) is 23.7 Å². The first kappa shape index (κ1) is 10.4. The fraction of sp³-hybridized carbons (Fsp3) is 0.417. The van der Waals surface area contributed by atoms with Gasteiger partial charge in [-0.05, 0) is 43.4 Å². The number of rotatable bonds is 2. The van der Waals surface area contributed by atoms with Crippen LogP contribution in [-0.4, -0.2) is 6.08 Å². The van der Waals surface area contributed by atoms with Crippen molar-refractivity contribution in [1.82, 2.24) is 0 Å². The summed E-state index contributed by atoms with van der Waals surface area (Å²) in [5.74, 6) is 0. The van der Waals surface area contributed by atoms with E-state index in [-0.39, 0.29) is 5.54 Å². The molecule has 0 unspecified atom stereocenters. The van der Waals surface area contributed by atoms with Gasteiger partial charge in [-0.25, -0.2) is 4.79 Å². The number of halogens is 1. The van der Waals surface area contributed by atoms with Crippen LogP contribution in [0.2, 0.25) is 5.02 Å². The maximum absolute atomic E-state index is 10.4. The first-order valence-electron chi connectivity index (χ1n) is 5.04. The zero-order valence-corrected chi connectivity index (χ0v) is 9.34. The van der Waals surface area contributed by atoms with Gasteiger partial charge in [0, 0.05) is 5.02 Å². The van der Waals surface area contributed by atoms with Gasteiger partial charge in [0.25, 0.3) is 0 Å². The highest BCUT2D eigenvalue weighted by Crippen LogP contribution is 2.45. The van der Waals surface area contributed by atoms with Crippen molar-refractivity contribution in [3.05, 3.63) is 34.3 Å². The molecule has 1 fully saturated rings. The Bertz CT molecular complexity index is 431. The van der Waals surface area contributed by atoms with Crippen molar-refractivity contribution >= 4 is 17.7 Å². The van der Waals surface area contributed by atoms with Crippen LogP contribution < -0.4 is 0 Å². The molecule has 1 aliphatic rings. The normalized spacial score (nSPS) is 17.7. The first-order chi connectivity index (χ1) is 7.18. The summed E-state index contributed by atoms with van der Waals surface area (Å²) in [6, 6.07) is 5.84. The summed E-state index contributed by atoms with van der Waals surface area (Å²) in [7, 11) is 0. The molecule has 0 amide bonds. The molecule has 0 saturated heterocycles. The Morgan fingerprint density at radius 3 is 2.67 bits per heavy atom. The lowest BCUT2D eigenvalue weighted by atomic mass is 9.72. The summed E-state index contributed by atoms with van der Waals surface area (Å²) in [6.07, 6.45) is 4.67. The Kier molecular flexibility index (Phi) is 2.64. The lowest BCUT2D eigenvalue weighted by Gasteiger charge is -2.37. The molecule has 1 saturated carbocycles. The Labute approximate surface area is 94.0 Å². The Hall–Kier alpha value is -1.11. The van der Waals surface area contributed by atoms with Crippen molar-refractivity contribution < 1.29 is 4.79 Å². The lowest BCUT2D eigenvalue weighted by Crippen LogP contribution is -2.31. The van der Waals surface area contributed by atoms with Gasteiger partial charge in [-0.3, -0.25) is 0 Å². The predicted octanol–water partition coefficient (Wildman–Crippen LogP) is 3.36. The monoisotopic (exact) mass is 221 g/mol. The first-order valence-corrected chi connectivity index (χ1v) is 5.41. The summed E-state index contributed by atoms with van der Waals surface area (Å²) >= 11 is 5.96. The van der Waals surface area contributed by atoms with Gasteiger partial charge in [0.2, 0.25) is 6.08 Å². The second kappa shape index (κ2) is 3.80. The molecule has 0 heterocycles. The molecule has 0 atom stereocenters. The van der Waals surface area contributed by atoms with E-state index in [4.69, 9.17) is 11.6 Å². The minimum absolute atomic E-state index is 0.308. The minimum Gasteiger partial charge on any atom is -0.211 e. The van der Waals surface area contributed by atoms with Gasteiger partial charge in [0.15, 0.2) is 0 Å². The molecule has 78 valence electrons. The largest absolute Gasteiger partial charge is 0.235 e. The van der Waals surface area contributed by atoms with Crippen molar-refractivity contribution in [2.75, 3.05) is 0 Å². The third-order valence-corrected chi connectivity index (χ3v) is 3.56. The van der Waals surface area contributed by atoms with Crippen molar-refractivity contribution in [1.29, 1.82) is 0 Å². The fourth-order valence-electron chi connectivity index (χ4n) is 2.00. The van der Waals surface area contributed by atoms with Gasteiger partial charge in [-0.15, -0.1) is 0 Å². The van der Waals surface area contributed by atoms with Crippen LogP contribution in [0.15, 0.2) is 23.2 Å². The van der Waals surface area contributed by atoms with Crippen molar-refractivity contribution in [3.8, 4) is 0 Å². The van der Waals surface area contributed by atoms with Crippen LogP contribution in [0.25, 0.3) is 0 Å². The van der Waals surface area contributed by atoms with Crippen molar-refractivity contribution in [2.45, 2.75) is 31.7 Å². The highest BCUT2D eigenvalue weighted by atomic mass is 35.5. The maximum Gasteiger partial charge on any atom is 0.235 e. The topological polar surface area (TPSA) is 29.4 Å². The number of benzene rings is 1. The second-order valence-corrected chi connectivity index (χ2v) is 4.46. The van der Waals surface area contributed by atoms with Crippen LogP contribution in [0, 0.1) is 6.92 Å². The molecule has 1 aliphatic carbocycles. The Morgan fingerprint density at radius 2 is 2.20 bits per heavy atom. The molecule has 3 heteroatoms. The third-order valence-electron chi connectivity index (χ3n) is 3.14. The number of aryl methyl sites for hydroxylation is 1. The number of carbonyl (C=O) groups excluding carboxylic acids is 1. The van der Waals surface area contributed by atoms with E-state index in [2.05, 4.69) is 4.99 Å². The van der Waals surface area contributed by atoms with Crippen molar-refractivity contribution in [3.63, 3.8) is 0 Å². The van der Waals surface area contributed by atoms with E-state index >= 15 is 0 Å². The average Bonchev–Trinajstić information content (AvgIpc) is 2.16. The van der Waals surface area contributed by atoms with Crippen LogP contribution in [0.4, 0.5) is 0 Å². The fourth-order valence-corrected chi connectivity index (χ4v) is 2.12. The maximum atomic E-state index is 10.4. The molecule has 0 spiro atoms. The van der Waals surface area contributed by atoms with Crippen LogP contribution in [0.5, 0.6) is 0 Å². The standard InChI is InChI=1S/C12H12ClNO/c1-9-7-10(3-4-11(9)13)12(14-8-15)5-2-6-12/h3-4,7H,2,5-6H2,1H3. The lowest BCUT2D eigenvalue weighted by molar-refractivity contribution is 0.256. The van der Waals surface area contributed by atoms with Gasteiger partial charge < -0.3 is 0 Å².